The lowest BCUT2D eigenvalue weighted by molar-refractivity contribution is 1.07. The summed E-state index contributed by atoms with van der Waals surface area (Å²) in [5, 5.41) is 9.71. The second-order valence-electron chi connectivity index (χ2n) is 30.8. The number of thiophene rings is 2. The van der Waals surface area contributed by atoms with E-state index >= 15 is 0 Å². The number of rotatable bonds is 14. The molecule has 8 aromatic heterocycles. The van der Waals surface area contributed by atoms with Crippen molar-refractivity contribution < 1.29 is 0 Å². The molecule has 12 heteroatoms. The van der Waals surface area contributed by atoms with Crippen LogP contribution in [0.25, 0.3) is 231 Å². The van der Waals surface area contributed by atoms with Crippen LogP contribution in [0.5, 0.6) is 0 Å². The number of hydrogen-bond acceptors (Lipinski definition) is 10. The van der Waals surface area contributed by atoms with E-state index in [0.717, 1.165) is 117 Å². The van der Waals surface area contributed by atoms with Gasteiger partial charge in [-0.1, -0.05) is 346 Å². The van der Waals surface area contributed by atoms with Crippen molar-refractivity contribution in [2.24, 2.45) is 0 Å². The summed E-state index contributed by atoms with van der Waals surface area (Å²) in [5.41, 5.74) is 24.7. The van der Waals surface area contributed by atoms with Gasteiger partial charge in [-0.25, -0.2) is 29.9 Å². The summed E-state index contributed by atoms with van der Waals surface area (Å²) in [7, 11) is 0. The number of para-hydroxylation sites is 4. The van der Waals surface area contributed by atoms with Gasteiger partial charge < -0.3 is 9.13 Å². The monoisotopic (exact) mass is 1620 g/mol. The van der Waals surface area contributed by atoms with Crippen molar-refractivity contribution in [2.45, 2.75) is 0 Å². The summed E-state index contributed by atoms with van der Waals surface area (Å²) in [6.45, 7) is 0. The first-order valence-corrected chi connectivity index (χ1v) is 43.1. The first-order valence-electron chi connectivity index (χ1n) is 41.4. The molecule has 0 amide bonds. The van der Waals surface area contributed by atoms with Crippen molar-refractivity contribution in [1.82, 2.24) is 49.0 Å². The molecule has 0 saturated carbocycles. The summed E-state index contributed by atoms with van der Waals surface area (Å²) in [6.07, 6.45) is 4.01. The molecule has 0 atom stereocenters. The van der Waals surface area contributed by atoms with Crippen LogP contribution in [0.2, 0.25) is 0 Å². The highest BCUT2D eigenvalue weighted by molar-refractivity contribution is 7.27. The van der Waals surface area contributed by atoms with Gasteiger partial charge in [0.1, 0.15) is 0 Å². The number of aromatic nitrogens is 10. The quantitative estimate of drug-likeness (QED) is 0.106. The number of nitrogens with zero attached hydrogens (tertiary/aromatic N) is 10. The lowest BCUT2D eigenvalue weighted by atomic mass is 9.93. The average Bonchev–Trinajstić information content (AvgIpc) is 1.56. The predicted molar refractivity (Wildman–Crippen MR) is 515 cm³/mol. The predicted octanol–water partition coefficient (Wildman–Crippen LogP) is 29.5. The minimum Gasteiger partial charge on any atom is -0.308 e. The highest BCUT2D eigenvalue weighted by atomic mass is 32.1. The number of benzene rings is 16. The second-order valence-corrected chi connectivity index (χ2v) is 32.9. The number of pyridine rings is 2. The van der Waals surface area contributed by atoms with Crippen LogP contribution in [0.1, 0.15) is 0 Å². The van der Waals surface area contributed by atoms with E-state index in [1.54, 1.807) is 0 Å². The molecule has 0 spiro atoms. The third-order valence-corrected chi connectivity index (χ3v) is 25.8. The van der Waals surface area contributed by atoms with Gasteiger partial charge in [0.05, 0.1) is 42.9 Å². The molecule has 0 saturated heterocycles. The number of hydrogen-bond donors (Lipinski definition) is 0. The fraction of sp³-hybridized carbons (Fsp3) is 0. The Bertz CT molecular complexity index is 8090. The minimum atomic E-state index is 0.558. The molecule has 0 radical (unpaired) electrons. The zero-order valence-corrected chi connectivity index (χ0v) is 68.3. The van der Waals surface area contributed by atoms with Gasteiger partial charge in [0, 0.05) is 132 Å². The fourth-order valence-electron chi connectivity index (χ4n) is 17.7. The molecule has 24 aromatic rings. The summed E-state index contributed by atoms with van der Waals surface area (Å²) in [4.78, 5) is 41.9. The Labute approximate surface area is 722 Å². The van der Waals surface area contributed by atoms with Crippen molar-refractivity contribution in [1.29, 1.82) is 0 Å². The molecular weight excluding hydrogens is 1550 g/mol. The van der Waals surface area contributed by atoms with Gasteiger partial charge in [0.15, 0.2) is 34.9 Å². The average molecular weight is 1620 g/mol. The Kier molecular flexibility index (Phi) is 18.4. The van der Waals surface area contributed by atoms with Gasteiger partial charge in [0.2, 0.25) is 0 Å². The Morgan fingerprint density at radius 2 is 0.532 bits per heavy atom. The van der Waals surface area contributed by atoms with E-state index in [1.165, 1.54) is 78.6 Å². The normalized spacial score (nSPS) is 11.5. The van der Waals surface area contributed by atoms with Crippen LogP contribution in [0.4, 0.5) is 0 Å². The highest BCUT2D eigenvalue weighted by Crippen LogP contribution is 2.50. The van der Waals surface area contributed by atoms with Crippen molar-refractivity contribution in [2.75, 3.05) is 0 Å². The van der Waals surface area contributed by atoms with E-state index in [-0.39, 0.29) is 0 Å². The number of fused-ring (bicyclic) bond motifs is 14. The maximum absolute atomic E-state index is 5.44. The van der Waals surface area contributed by atoms with Crippen molar-refractivity contribution in [3.8, 4) is 147 Å². The molecule has 0 fully saturated rings. The largest absolute Gasteiger partial charge is 0.308 e. The summed E-state index contributed by atoms with van der Waals surface area (Å²) >= 11 is 3.68. The Morgan fingerprint density at radius 1 is 0.194 bits per heavy atom. The van der Waals surface area contributed by atoms with E-state index in [1.807, 2.05) is 156 Å². The molecule has 0 unspecified atom stereocenters. The molecule has 0 N–H and O–H groups in total. The molecule has 0 bridgehead atoms. The zero-order chi connectivity index (χ0) is 82.0. The van der Waals surface area contributed by atoms with Crippen molar-refractivity contribution in [3.05, 3.63) is 425 Å². The van der Waals surface area contributed by atoms with Crippen LogP contribution in [0.3, 0.4) is 0 Å². The van der Waals surface area contributed by atoms with Crippen LogP contribution in [-0.2, 0) is 0 Å². The van der Waals surface area contributed by atoms with E-state index in [2.05, 4.69) is 300 Å². The van der Waals surface area contributed by atoms with E-state index in [0.29, 0.717) is 34.9 Å². The third-order valence-electron chi connectivity index (χ3n) is 23.4. The lowest BCUT2D eigenvalue weighted by Crippen LogP contribution is -2.02. The molecule has 0 aliphatic rings. The van der Waals surface area contributed by atoms with E-state index in [4.69, 9.17) is 39.9 Å². The van der Waals surface area contributed by atoms with E-state index < -0.39 is 0 Å². The Morgan fingerprint density at radius 3 is 0.984 bits per heavy atom. The van der Waals surface area contributed by atoms with Crippen LogP contribution in [0.15, 0.2) is 425 Å². The molecule has 0 aliphatic heterocycles. The van der Waals surface area contributed by atoms with Crippen LogP contribution >= 0.6 is 22.7 Å². The molecular formula is C112H70N10S2. The summed E-state index contributed by atoms with van der Waals surface area (Å²) in [6, 6.07) is 144. The van der Waals surface area contributed by atoms with Crippen molar-refractivity contribution >= 4 is 107 Å². The van der Waals surface area contributed by atoms with Gasteiger partial charge in [-0.05, 0) is 100 Å². The first kappa shape index (κ1) is 73.1. The molecule has 8 heterocycles. The molecule has 10 nitrogen and oxygen atoms in total. The first-order chi connectivity index (χ1) is 61.5. The summed E-state index contributed by atoms with van der Waals surface area (Å²) in [5.74, 6) is 3.53. The Hall–Kier alpha value is -16.1. The lowest BCUT2D eigenvalue weighted by Gasteiger charge is -2.15. The van der Waals surface area contributed by atoms with Gasteiger partial charge in [0.25, 0.3) is 0 Å². The molecule has 124 heavy (non-hydrogen) atoms. The van der Waals surface area contributed by atoms with Crippen LogP contribution in [-0.4, -0.2) is 49.0 Å². The molecule has 580 valence electrons. The topological polar surface area (TPSA) is 113 Å². The van der Waals surface area contributed by atoms with Crippen LogP contribution < -0.4 is 0 Å². The Balaban J connectivity index is 0.000000143. The van der Waals surface area contributed by atoms with Gasteiger partial charge >= 0.3 is 0 Å². The fourth-order valence-corrected chi connectivity index (χ4v) is 20.2. The minimum absolute atomic E-state index is 0.558. The summed E-state index contributed by atoms with van der Waals surface area (Å²) < 4.78 is 9.74. The zero-order valence-electron chi connectivity index (χ0n) is 66.7. The van der Waals surface area contributed by atoms with Crippen molar-refractivity contribution in [3.63, 3.8) is 0 Å². The maximum Gasteiger partial charge on any atom is 0.166 e. The van der Waals surface area contributed by atoms with E-state index in [9.17, 15) is 0 Å². The molecule has 16 aromatic carbocycles. The second kappa shape index (κ2) is 31.2. The third kappa shape index (κ3) is 13.0. The SMILES string of the molecule is c1ccc(-c2nc(-c3ccccc3)nc(-c3cc(-c4ccccc4-c4ccccc4)cnc3-c3ccc4sc5c(ccc6c7ccccc7n(-c7ccccc7)c65)c4c3)n2)cc1.c1ccc(-c2nc(-c3ccccc3)nc(-c3cc(-c4ccccc4-c4ccccc4)cnc3-c3cccc4sc5c(ccc6c7ccccc7n(-c7ccccc7)c65)c34)n2)cc1. The molecule has 24 rings (SSSR count). The smallest absolute Gasteiger partial charge is 0.166 e. The van der Waals surface area contributed by atoms with Gasteiger partial charge in [-0.3, -0.25) is 9.97 Å². The van der Waals surface area contributed by atoms with Gasteiger partial charge in [-0.2, -0.15) is 0 Å². The molecule has 0 aliphatic carbocycles. The standard InChI is InChI=1S/2C56H35N5S/c1-5-18-36(19-6-1)41-26-13-14-27-42(41)39-34-47(56-59-54(37-20-7-2-8-21-37)58-55(60-56)38-22-9-3-10-23-38)51(57-35-39)45-29-17-31-49-50(45)46-33-32-44-43-28-15-16-30-48(43)61(52(44)53(46)62-49)40-24-11-4-12-25-40;1-5-17-36(18-6-1)42-25-13-14-26-43(42)40-34-48(56-59-54(37-19-7-2-8-20-37)58-55(60-56)38-21-9-3-10-22-38)51(57-35-40)39-29-32-50-47(33-39)46-31-30-45-44-27-15-16-28-49(44)61(52(45)53(46)62-50)41-23-11-4-12-24-41/h2*1-35H. The highest BCUT2D eigenvalue weighted by Gasteiger charge is 2.27. The maximum atomic E-state index is 5.44. The van der Waals surface area contributed by atoms with Gasteiger partial charge in [-0.15, -0.1) is 22.7 Å². The van der Waals surface area contributed by atoms with Crippen LogP contribution in [0, 0.1) is 0 Å².